The standard InChI is InChI=1S/C27H26N6O3/c1-32-23(12-9-16-7-10-17(11-8-16)24(28)29)31-20-13-19(15-30-25(20)32)26(34)33-21-6-4-3-5-18(21)14-22(33)27(35)36-2/h3-8,10-11,13,15,22H,9,12,14H2,1-2H3,(H3,28,29). The van der Waals surface area contributed by atoms with Gasteiger partial charge in [-0.1, -0.05) is 42.5 Å². The molecule has 0 aliphatic carbocycles. The molecule has 0 spiro atoms. The first kappa shape index (κ1) is 23.2. The van der Waals surface area contributed by atoms with Gasteiger partial charge in [-0.2, -0.15) is 0 Å². The van der Waals surface area contributed by atoms with Gasteiger partial charge >= 0.3 is 5.97 Å². The quantitative estimate of drug-likeness (QED) is 0.247. The zero-order chi connectivity index (χ0) is 25.4. The van der Waals surface area contributed by atoms with Crippen molar-refractivity contribution in [2.24, 2.45) is 12.8 Å². The fourth-order valence-electron chi connectivity index (χ4n) is 4.67. The van der Waals surface area contributed by atoms with Crippen molar-refractivity contribution in [3.8, 4) is 0 Å². The number of benzene rings is 2. The lowest BCUT2D eigenvalue weighted by Gasteiger charge is -2.23. The van der Waals surface area contributed by atoms with E-state index in [2.05, 4.69) is 4.98 Å². The van der Waals surface area contributed by atoms with E-state index in [1.165, 1.54) is 18.2 Å². The number of rotatable bonds is 6. The molecule has 0 saturated heterocycles. The number of para-hydroxylation sites is 1. The molecular weight excluding hydrogens is 456 g/mol. The van der Waals surface area contributed by atoms with Crippen molar-refractivity contribution in [3.05, 3.63) is 88.9 Å². The van der Waals surface area contributed by atoms with Gasteiger partial charge in [-0.05, 0) is 29.7 Å². The number of fused-ring (bicyclic) bond motifs is 2. The van der Waals surface area contributed by atoms with Gasteiger partial charge < -0.3 is 15.0 Å². The van der Waals surface area contributed by atoms with Crippen molar-refractivity contribution in [3.63, 3.8) is 0 Å². The largest absolute Gasteiger partial charge is 0.467 e. The predicted octanol–water partition coefficient (Wildman–Crippen LogP) is 2.78. The van der Waals surface area contributed by atoms with Crippen LogP contribution in [0.4, 0.5) is 5.69 Å². The Hall–Kier alpha value is -4.53. The van der Waals surface area contributed by atoms with Crippen LogP contribution in [-0.2, 0) is 35.8 Å². The molecule has 36 heavy (non-hydrogen) atoms. The molecule has 1 atom stereocenters. The maximum absolute atomic E-state index is 13.6. The number of esters is 1. The van der Waals surface area contributed by atoms with E-state index >= 15 is 0 Å². The van der Waals surface area contributed by atoms with Crippen LogP contribution in [0.1, 0.15) is 32.9 Å². The minimum Gasteiger partial charge on any atom is -0.467 e. The highest BCUT2D eigenvalue weighted by Gasteiger charge is 2.39. The van der Waals surface area contributed by atoms with Crippen molar-refractivity contribution in [1.29, 1.82) is 5.41 Å². The van der Waals surface area contributed by atoms with E-state index in [-0.39, 0.29) is 11.7 Å². The van der Waals surface area contributed by atoms with Crippen molar-refractivity contribution in [2.75, 3.05) is 12.0 Å². The van der Waals surface area contributed by atoms with Crippen molar-refractivity contribution in [2.45, 2.75) is 25.3 Å². The van der Waals surface area contributed by atoms with Crippen molar-refractivity contribution >= 4 is 34.6 Å². The Balaban J connectivity index is 1.40. The van der Waals surface area contributed by atoms with Crippen LogP contribution in [0, 0.1) is 5.41 Å². The number of carbonyl (C=O) groups excluding carboxylic acids is 2. The summed E-state index contributed by atoms with van der Waals surface area (Å²) in [6, 6.07) is 16.1. The minimum absolute atomic E-state index is 0.0450. The number of nitrogen functional groups attached to an aromatic ring is 1. The lowest BCUT2D eigenvalue weighted by atomic mass is 10.1. The Labute approximate surface area is 208 Å². The number of anilines is 1. The van der Waals surface area contributed by atoms with E-state index in [0.717, 1.165) is 23.4 Å². The highest BCUT2D eigenvalue weighted by atomic mass is 16.5. The number of nitrogens with two attached hydrogens (primary N) is 1. The highest BCUT2D eigenvalue weighted by molar-refractivity contribution is 6.11. The van der Waals surface area contributed by atoms with Crippen LogP contribution >= 0.6 is 0 Å². The van der Waals surface area contributed by atoms with Crippen LogP contribution in [0.3, 0.4) is 0 Å². The summed E-state index contributed by atoms with van der Waals surface area (Å²) in [5, 5.41) is 7.52. The number of carbonyl (C=O) groups is 2. The first-order chi connectivity index (χ1) is 17.4. The van der Waals surface area contributed by atoms with E-state index in [0.29, 0.717) is 40.8 Å². The van der Waals surface area contributed by atoms with Gasteiger partial charge in [-0.15, -0.1) is 0 Å². The van der Waals surface area contributed by atoms with Crippen LogP contribution in [-0.4, -0.2) is 45.4 Å². The molecule has 1 aliphatic heterocycles. The number of hydrogen-bond donors (Lipinski definition) is 2. The number of pyridine rings is 1. The average molecular weight is 483 g/mol. The van der Waals surface area contributed by atoms with E-state index < -0.39 is 12.0 Å². The number of hydrogen-bond acceptors (Lipinski definition) is 6. The van der Waals surface area contributed by atoms with Crippen LogP contribution in [0.25, 0.3) is 11.2 Å². The molecular formula is C27H26N6O3. The second-order valence-corrected chi connectivity index (χ2v) is 8.81. The Morgan fingerprint density at radius 3 is 2.58 bits per heavy atom. The Bertz CT molecular complexity index is 1490. The molecule has 9 nitrogen and oxygen atoms in total. The second kappa shape index (κ2) is 9.26. The molecule has 9 heteroatoms. The number of ether oxygens (including phenoxy) is 1. The number of methoxy groups -OCH3 is 1. The number of amidine groups is 1. The second-order valence-electron chi connectivity index (χ2n) is 8.81. The fraction of sp³-hybridized carbons (Fsp3) is 0.222. The van der Waals surface area contributed by atoms with Gasteiger partial charge in [-0.3, -0.25) is 15.1 Å². The zero-order valence-corrected chi connectivity index (χ0v) is 20.1. The van der Waals surface area contributed by atoms with Crippen LogP contribution < -0.4 is 10.6 Å². The van der Waals surface area contributed by atoms with Gasteiger partial charge in [0.1, 0.15) is 23.2 Å². The van der Waals surface area contributed by atoms with E-state index in [1.807, 2.05) is 60.1 Å². The van der Waals surface area contributed by atoms with E-state index in [9.17, 15) is 9.59 Å². The molecule has 182 valence electrons. The topological polar surface area (TPSA) is 127 Å². The average Bonchev–Trinajstić information content (AvgIpc) is 3.44. The molecule has 1 amide bonds. The monoisotopic (exact) mass is 482 g/mol. The SMILES string of the molecule is COC(=O)C1Cc2ccccc2N1C(=O)c1cnc2c(c1)nc(CCc1ccc(C(=N)N)cc1)n2C. The minimum atomic E-state index is -0.718. The van der Waals surface area contributed by atoms with Crippen molar-refractivity contribution in [1.82, 2.24) is 14.5 Å². The maximum Gasteiger partial charge on any atom is 0.329 e. The molecule has 0 bridgehead atoms. The number of nitrogens with zero attached hydrogens (tertiary/aromatic N) is 4. The number of amides is 1. The molecule has 5 rings (SSSR count). The Morgan fingerprint density at radius 2 is 1.86 bits per heavy atom. The third-order valence-electron chi connectivity index (χ3n) is 6.62. The molecule has 1 aliphatic rings. The van der Waals surface area contributed by atoms with Crippen LogP contribution in [0.2, 0.25) is 0 Å². The van der Waals surface area contributed by atoms with E-state index in [1.54, 1.807) is 6.07 Å². The smallest absolute Gasteiger partial charge is 0.329 e. The van der Waals surface area contributed by atoms with Gasteiger partial charge in [0.25, 0.3) is 5.91 Å². The molecule has 4 aromatic rings. The predicted molar refractivity (Wildman–Crippen MR) is 136 cm³/mol. The number of nitrogens with one attached hydrogen (secondary N) is 1. The Morgan fingerprint density at radius 1 is 1.11 bits per heavy atom. The van der Waals surface area contributed by atoms with Crippen molar-refractivity contribution < 1.29 is 14.3 Å². The fourth-order valence-corrected chi connectivity index (χ4v) is 4.67. The highest BCUT2D eigenvalue weighted by Crippen LogP contribution is 2.34. The summed E-state index contributed by atoms with van der Waals surface area (Å²) < 4.78 is 6.90. The molecule has 2 aromatic carbocycles. The normalized spacial score (nSPS) is 14.6. The zero-order valence-electron chi connectivity index (χ0n) is 20.1. The molecule has 0 saturated carbocycles. The van der Waals surface area contributed by atoms with Gasteiger partial charge in [-0.25, -0.2) is 14.8 Å². The number of imidazole rings is 1. The number of aromatic nitrogens is 3. The molecule has 3 N–H and O–H groups in total. The van der Waals surface area contributed by atoms with Crippen LogP contribution in [0.5, 0.6) is 0 Å². The summed E-state index contributed by atoms with van der Waals surface area (Å²) in [7, 11) is 3.23. The molecule has 1 unspecified atom stereocenters. The third-order valence-corrected chi connectivity index (χ3v) is 6.62. The summed E-state index contributed by atoms with van der Waals surface area (Å²) in [6.45, 7) is 0. The summed E-state index contributed by atoms with van der Waals surface area (Å²) in [6.07, 6.45) is 3.38. The summed E-state index contributed by atoms with van der Waals surface area (Å²) in [4.78, 5) is 36.8. The summed E-state index contributed by atoms with van der Waals surface area (Å²) >= 11 is 0. The number of aryl methyl sites for hydroxylation is 3. The third kappa shape index (κ3) is 4.08. The molecule has 0 radical (unpaired) electrons. The van der Waals surface area contributed by atoms with Gasteiger partial charge in [0.05, 0.1) is 12.7 Å². The summed E-state index contributed by atoms with van der Waals surface area (Å²) in [5.74, 6) is 0.118. The molecule has 3 heterocycles. The van der Waals surface area contributed by atoms with Gasteiger partial charge in [0.15, 0.2) is 5.65 Å². The summed E-state index contributed by atoms with van der Waals surface area (Å²) in [5.41, 5.74) is 10.6. The maximum atomic E-state index is 13.6. The van der Waals surface area contributed by atoms with E-state index in [4.69, 9.17) is 20.9 Å². The lowest BCUT2D eigenvalue weighted by Crippen LogP contribution is -2.43. The van der Waals surface area contributed by atoms with Gasteiger partial charge in [0.2, 0.25) is 0 Å². The van der Waals surface area contributed by atoms with Gasteiger partial charge in [0, 0.05) is 37.3 Å². The molecule has 0 fully saturated rings. The Kier molecular flexibility index (Phi) is 5.97. The first-order valence-corrected chi connectivity index (χ1v) is 11.6. The first-order valence-electron chi connectivity index (χ1n) is 11.6. The van der Waals surface area contributed by atoms with Crippen LogP contribution in [0.15, 0.2) is 60.8 Å². The molecule has 2 aromatic heterocycles. The lowest BCUT2D eigenvalue weighted by molar-refractivity contribution is -0.141.